The van der Waals surface area contributed by atoms with Crippen LogP contribution >= 0.6 is 0 Å². The molecule has 0 aliphatic carbocycles. The van der Waals surface area contributed by atoms with E-state index in [9.17, 15) is 4.79 Å². The predicted molar refractivity (Wildman–Crippen MR) is 65.8 cm³/mol. The van der Waals surface area contributed by atoms with Crippen LogP contribution in [-0.2, 0) is 9.53 Å². The zero-order valence-corrected chi connectivity index (χ0v) is 9.43. The number of ether oxygens (including phenoxy) is 1. The van der Waals surface area contributed by atoms with Crippen molar-refractivity contribution in [3.8, 4) is 0 Å². The molecule has 2 nitrogen and oxygen atoms in total. The molecule has 1 rings (SSSR count). The van der Waals surface area contributed by atoms with Gasteiger partial charge in [0.2, 0.25) is 0 Å². The SMILES string of the molecule is C=CCC(/C=C/c1ccccc1)C(=O)OC. The van der Waals surface area contributed by atoms with Gasteiger partial charge in [-0.3, -0.25) is 4.79 Å². The molecule has 1 aromatic carbocycles. The van der Waals surface area contributed by atoms with Gasteiger partial charge in [-0.2, -0.15) is 0 Å². The number of hydrogen-bond donors (Lipinski definition) is 0. The molecule has 0 N–H and O–H groups in total. The number of methoxy groups -OCH3 is 1. The molecule has 0 aliphatic heterocycles. The van der Waals surface area contributed by atoms with Crippen molar-refractivity contribution in [2.75, 3.05) is 7.11 Å². The van der Waals surface area contributed by atoms with Gasteiger partial charge in [0.1, 0.15) is 0 Å². The van der Waals surface area contributed by atoms with E-state index in [4.69, 9.17) is 4.74 Å². The molecule has 0 amide bonds. The topological polar surface area (TPSA) is 26.3 Å². The van der Waals surface area contributed by atoms with Crippen molar-refractivity contribution in [2.45, 2.75) is 6.42 Å². The number of allylic oxidation sites excluding steroid dienone is 1. The highest BCUT2D eigenvalue weighted by Gasteiger charge is 2.13. The van der Waals surface area contributed by atoms with Crippen LogP contribution in [0.15, 0.2) is 49.1 Å². The lowest BCUT2D eigenvalue weighted by Crippen LogP contribution is -2.12. The summed E-state index contributed by atoms with van der Waals surface area (Å²) in [5, 5.41) is 0. The fourth-order valence-corrected chi connectivity index (χ4v) is 1.38. The normalized spacial score (nSPS) is 12.3. The summed E-state index contributed by atoms with van der Waals surface area (Å²) in [5.74, 6) is -0.477. The summed E-state index contributed by atoms with van der Waals surface area (Å²) >= 11 is 0. The molecular formula is C14H16O2. The van der Waals surface area contributed by atoms with Crippen molar-refractivity contribution < 1.29 is 9.53 Å². The highest BCUT2D eigenvalue weighted by Crippen LogP contribution is 2.11. The Hall–Kier alpha value is -1.83. The van der Waals surface area contributed by atoms with Crippen LogP contribution in [-0.4, -0.2) is 13.1 Å². The number of rotatable bonds is 5. The quantitative estimate of drug-likeness (QED) is 0.558. The lowest BCUT2D eigenvalue weighted by molar-refractivity contribution is -0.143. The first-order valence-corrected chi connectivity index (χ1v) is 5.20. The molecule has 0 bridgehead atoms. The summed E-state index contributed by atoms with van der Waals surface area (Å²) in [6, 6.07) is 9.84. The molecule has 0 aliphatic rings. The Morgan fingerprint density at radius 1 is 1.44 bits per heavy atom. The Morgan fingerprint density at radius 2 is 2.12 bits per heavy atom. The van der Waals surface area contributed by atoms with Gasteiger partial charge in [-0.25, -0.2) is 0 Å². The summed E-state index contributed by atoms with van der Waals surface area (Å²) in [4.78, 5) is 11.4. The van der Waals surface area contributed by atoms with E-state index < -0.39 is 0 Å². The van der Waals surface area contributed by atoms with Gasteiger partial charge in [0, 0.05) is 0 Å². The fraction of sp³-hybridized carbons (Fsp3) is 0.214. The van der Waals surface area contributed by atoms with E-state index >= 15 is 0 Å². The molecule has 1 aromatic rings. The third kappa shape index (κ3) is 3.73. The maximum absolute atomic E-state index is 11.4. The molecule has 0 fully saturated rings. The Kier molecular flexibility index (Phi) is 5.06. The third-order valence-corrected chi connectivity index (χ3v) is 2.25. The van der Waals surface area contributed by atoms with Crippen molar-refractivity contribution in [3.63, 3.8) is 0 Å². The van der Waals surface area contributed by atoms with Gasteiger partial charge in [0.25, 0.3) is 0 Å². The number of esters is 1. The van der Waals surface area contributed by atoms with Gasteiger partial charge >= 0.3 is 5.97 Å². The predicted octanol–water partition coefficient (Wildman–Crippen LogP) is 3.07. The number of benzene rings is 1. The summed E-state index contributed by atoms with van der Waals surface area (Å²) in [6.07, 6.45) is 6.08. The van der Waals surface area contributed by atoms with Gasteiger partial charge in [0.05, 0.1) is 13.0 Å². The minimum atomic E-state index is -0.247. The van der Waals surface area contributed by atoms with E-state index in [2.05, 4.69) is 6.58 Å². The van der Waals surface area contributed by atoms with Gasteiger partial charge in [-0.05, 0) is 12.0 Å². The van der Waals surface area contributed by atoms with Crippen molar-refractivity contribution >= 4 is 12.0 Å². The Labute approximate surface area is 96.2 Å². The lowest BCUT2D eigenvalue weighted by atomic mass is 10.0. The second kappa shape index (κ2) is 6.62. The molecule has 0 saturated heterocycles. The summed E-state index contributed by atoms with van der Waals surface area (Å²) in [5.41, 5.74) is 1.07. The van der Waals surface area contributed by atoms with Crippen LogP contribution in [0.25, 0.3) is 6.08 Å². The molecule has 84 valence electrons. The van der Waals surface area contributed by atoms with E-state index in [1.807, 2.05) is 42.5 Å². The summed E-state index contributed by atoms with van der Waals surface area (Å²) in [6.45, 7) is 3.63. The number of carbonyl (C=O) groups is 1. The first-order chi connectivity index (χ1) is 7.77. The van der Waals surface area contributed by atoms with E-state index in [0.29, 0.717) is 6.42 Å². The maximum Gasteiger partial charge on any atom is 0.312 e. The molecule has 0 aromatic heterocycles. The van der Waals surface area contributed by atoms with E-state index in [-0.39, 0.29) is 11.9 Å². The lowest BCUT2D eigenvalue weighted by Gasteiger charge is -2.06. The van der Waals surface area contributed by atoms with Gasteiger partial charge in [0.15, 0.2) is 0 Å². The molecule has 0 radical (unpaired) electrons. The average Bonchev–Trinajstić information content (AvgIpc) is 2.34. The molecule has 1 unspecified atom stereocenters. The molecule has 0 heterocycles. The third-order valence-electron chi connectivity index (χ3n) is 2.25. The second-order valence-corrected chi connectivity index (χ2v) is 3.42. The van der Waals surface area contributed by atoms with Crippen molar-refractivity contribution in [1.29, 1.82) is 0 Å². The zero-order valence-electron chi connectivity index (χ0n) is 9.43. The standard InChI is InChI=1S/C14H16O2/c1-3-7-13(14(15)16-2)11-10-12-8-5-4-6-9-12/h3-6,8-11,13H,1,7H2,2H3/b11-10+. The molecule has 0 spiro atoms. The molecular weight excluding hydrogens is 200 g/mol. The van der Waals surface area contributed by atoms with E-state index in [1.54, 1.807) is 6.08 Å². The largest absolute Gasteiger partial charge is 0.469 e. The van der Waals surface area contributed by atoms with Gasteiger partial charge in [-0.1, -0.05) is 48.6 Å². The first kappa shape index (κ1) is 12.2. The van der Waals surface area contributed by atoms with Crippen LogP contribution < -0.4 is 0 Å². The summed E-state index contributed by atoms with van der Waals surface area (Å²) in [7, 11) is 1.40. The highest BCUT2D eigenvalue weighted by molar-refractivity contribution is 5.76. The number of carbonyl (C=O) groups excluding carboxylic acids is 1. The zero-order chi connectivity index (χ0) is 11.8. The van der Waals surface area contributed by atoms with Crippen LogP contribution in [0.3, 0.4) is 0 Å². The summed E-state index contributed by atoms with van der Waals surface area (Å²) < 4.78 is 4.72. The number of hydrogen-bond acceptors (Lipinski definition) is 2. The van der Waals surface area contributed by atoms with Crippen LogP contribution in [0, 0.1) is 5.92 Å². The smallest absolute Gasteiger partial charge is 0.312 e. The van der Waals surface area contributed by atoms with Crippen molar-refractivity contribution in [3.05, 3.63) is 54.6 Å². The minimum Gasteiger partial charge on any atom is -0.469 e. The van der Waals surface area contributed by atoms with Gasteiger partial charge < -0.3 is 4.74 Å². The average molecular weight is 216 g/mol. The Balaban J connectivity index is 2.71. The van der Waals surface area contributed by atoms with Crippen LogP contribution in [0.2, 0.25) is 0 Å². The van der Waals surface area contributed by atoms with Crippen molar-refractivity contribution in [1.82, 2.24) is 0 Å². The molecule has 16 heavy (non-hydrogen) atoms. The Bertz CT molecular complexity index is 366. The van der Waals surface area contributed by atoms with Crippen LogP contribution in [0.5, 0.6) is 0 Å². The molecule has 1 atom stereocenters. The van der Waals surface area contributed by atoms with Crippen molar-refractivity contribution in [2.24, 2.45) is 5.92 Å². The molecule has 0 saturated carbocycles. The maximum atomic E-state index is 11.4. The highest BCUT2D eigenvalue weighted by atomic mass is 16.5. The van der Waals surface area contributed by atoms with Crippen LogP contribution in [0.4, 0.5) is 0 Å². The van der Waals surface area contributed by atoms with Crippen LogP contribution in [0.1, 0.15) is 12.0 Å². The van der Waals surface area contributed by atoms with E-state index in [0.717, 1.165) is 5.56 Å². The minimum absolute atomic E-state index is 0.230. The monoisotopic (exact) mass is 216 g/mol. The first-order valence-electron chi connectivity index (χ1n) is 5.20. The van der Waals surface area contributed by atoms with Gasteiger partial charge in [-0.15, -0.1) is 6.58 Å². The molecule has 2 heteroatoms. The van der Waals surface area contributed by atoms with E-state index in [1.165, 1.54) is 7.11 Å². The fourth-order valence-electron chi connectivity index (χ4n) is 1.38. The second-order valence-electron chi connectivity index (χ2n) is 3.42. The Morgan fingerprint density at radius 3 is 2.69 bits per heavy atom.